The first-order valence-electron chi connectivity index (χ1n) is 7.02. The smallest absolute Gasteiger partial charge is 0.335 e. The number of nitrogens with one attached hydrogen (secondary N) is 1. The van der Waals surface area contributed by atoms with Crippen molar-refractivity contribution in [3.05, 3.63) is 35.4 Å². The predicted octanol–water partition coefficient (Wildman–Crippen LogP) is 3.44. The molecule has 0 bridgehead atoms. The molecule has 0 heterocycles. The van der Waals surface area contributed by atoms with E-state index in [-0.39, 0.29) is 0 Å². The SMILES string of the molecule is CC1(C)CCC(NCc2cccc(C(=O)O)c2)CC1. The Hall–Kier alpha value is -1.35. The average molecular weight is 261 g/mol. The van der Waals surface area contributed by atoms with Crippen LogP contribution in [-0.4, -0.2) is 17.1 Å². The zero-order valence-corrected chi connectivity index (χ0v) is 11.8. The van der Waals surface area contributed by atoms with Crippen LogP contribution >= 0.6 is 0 Å². The summed E-state index contributed by atoms with van der Waals surface area (Å²) in [7, 11) is 0. The van der Waals surface area contributed by atoms with E-state index < -0.39 is 5.97 Å². The van der Waals surface area contributed by atoms with Crippen molar-refractivity contribution in [1.82, 2.24) is 5.32 Å². The van der Waals surface area contributed by atoms with Crippen LogP contribution in [0.2, 0.25) is 0 Å². The third-order valence-electron chi connectivity index (χ3n) is 4.11. The van der Waals surface area contributed by atoms with E-state index in [1.807, 2.05) is 12.1 Å². The molecule has 1 aromatic rings. The van der Waals surface area contributed by atoms with Gasteiger partial charge in [-0.15, -0.1) is 0 Å². The summed E-state index contributed by atoms with van der Waals surface area (Å²) in [5.41, 5.74) is 1.90. The van der Waals surface area contributed by atoms with E-state index >= 15 is 0 Å². The molecule has 1 fully saturated rings. The first-order chi connectivity index (χ1) is 8.96. The van der Waals surface area contributed by atoms with Crippen molar-refractivity contribution in [2.24, 2.45) is 5.41 Å². The Balaban J connectivity index is 1.86. The molecule has 0 saturated heterocycles. The number of hydrogen-bond acceptors (Lipinski definition) is 2. The van der Waals surface area contributed by atoms with Gasteiger partial charge >= 0.3 is 5.97 Å². The summed E-state index contributed by atoms with van der Waals surface area (Å²) < 4.78 is 0. The minimum absolute atomic E-state index is 0.365. The van der Waals surface area contributed by atoms with Crippen molar-refractivity contribution in [2.75, 3.05) is 0 Å². The van der Waals surface area contributed by atoms with Gasteiger partial charge in [-0.05, 0) is 48.8 Å². The maximum atomic E-state index is 10.9. The summed E-state index contributed by atoms with van der Waals surface area (Å²) in [4.78, 5) is 10.9. The van der Waals surface area contributed by atoms with E-state index in [0.29, 0.717) is 17.0 Å². The molecule has 19 heavy (non-hydrogen) atoms. The predicted molar refractivity (Wildman–Crippen MR) is 76.3 cm³/mol. The number of rotatable bonds is 4. The third-order valence-corrected chi connectivity index (χ3v) is 4.11. The van der Waals surface area contributed by atoms with Crippen LogP contribution in [0, 0.1) is 5.41 Å². The lowest BCUT2D eigenvalue weighted by Crippen LogP contribution is -2.35. The van der Waals surface area contributed by atoms with Gasteiger partial charge in [-0.25, -0.2) is 4.79 Å². The second-order valence-corrected chi connectivity index (χ2v) is 6.32. The van der Waals surface area contributed by atoms with Crippen LogP contribution in [0.1, 0.15) is 55.5 Å². The van der Waals surface area contributed by atoms with Gasteiger partial charge in [0.1, 0.15) is 0 Å². The Labute approximate surface area is 115 Å². The molecule has 104 valence electrons. The monoisotopic (exact) mass is 261 g/mol. The molecule has 0 radical (unpaired) electrons. The quantitative estimate of drug-likeness (QED) is 0.873. The Bertz CT molecular complexity index is 444. The van der Waals surface area contributed by atoms with Crippen LogP contribution in [0.3, 0.4) is 0 Å². The lowest BCUT2D eigenvalue weighted by atomic mass is 9.75. The molecule has 3 heteroatoms. The van der Waals surface area contributed by atoms with Crippen molar-refractivity contribution in [3.63, 3.8) is 0 Å². The Morgan fingerprint density at radius 1 is 1.37 bits per heavy atom. The first kappa shape index (κ1) is 14.1. The second kappa shape index (κ2) is 5.74. The molecule has 2 N–H and O–H groups in total. The normalized spacial score (nSPS) is 19.3. The molecule has 1 aliphatic rings. The van der Waals surface area contributed by atoms with Crippen LogP contribution in [-0.2, 0) is 6.54 Å². The molecule has 0 unspecified atom stereocenters. The van der Waals surface area contributed by atoms with Crippen LogP contribution < -0.4 is 5.32 Å². The molecule has 2 rings (SSSR count). The van der Waals surface area contributed by atoms with Crippen molar-refractivity contribution < 1.29 is 9.90 Å². The minimum atomic E-state index is -0.860. The van der Waals surface area contributed by atoms with Crippen LogP contribution in [0.4, 0.5) is 0 Å². The Morgan fingerprint density at radius 2 is 2.05 bits per heavy atom. The number of aromatic carboxylic acids is 1. The van der Waals surface area contributed by atoms with E-state index in [2.05, 4.69) is 19.2 Å². The summed E-state index contributed by atoms with van der Waals surface area (Å²) in [6.07, 6.45) is 4.96. The molecule has 3 nitrogen and oxygen atoms in total. The number of hydrogen-bond donors (Lipinski definition) is 2. The molecule has 1 aromatic carbocycles. The highest BCUT2D eigenvalue weighted by atomic mass is 16.4. The molecule has 0 aromatic heterocycles. The summed E-state index contributed by atoms with van der Waals surface area (Å²) in [5.74, 6) is -0.860. The molecule has 1 saturated carbocycles. The Morgan fingerprint density at radius 3 is 2.68 bits per heavy atom. The summed E-state index contributed by atoms with van der Waals surface area (Å²) in [6.45, 7) is 5.42. The zero-order chi connectivity index (χ0) is 13.9. The van der Waals surface area contributed by atoms with E-state index in [4.69, 9.17) is 5.11 Å². The van der Waals surface area contributed by atoms with Crippen LogP contribution in [0.5, 0.6) is 0 Å². The van der Waals surface area contributed by atoms with Gasteiger partial charge in [-0.1, -0.05) is 26.0 Å². The largest absolute Gasteiger partial charge is 0.478 e. The van der Waals surface area contributed by atoms with E-state index in [0.717, 1.165) is 12.1 Å². The van der Waals surface area contributed by atoms with Crippen LogP contribution in [0.25, 0.3) is 0 Å². The van der Waals surface area contributed by atoms with Gasteiger partial charge in [0.15, 0.2) is 0 Å². The summed E-state index contributed by atoms with van der Waals surface area (Å²) in [5, 5.41) is 12.5. The highest BCUT2D eigenvalue weighted by Gasteiger charge is 2.26. The molecule has 1 aliphatic carbocycles. The lowest BCUT2D eigenvalue weighted by molar-refractivity contribution is 0.0696. The molecule has 0 spiro atoms. The number of carbonyl (C=O) groups is 1. The molecule has 0 atom stereocenters. The highest BCUT2D eigenvalue weighted by Crippen LogP contribution is 2.35. The van der Waals surface area contributed by atoms with Crippen molar-refractivity contribution >= 4 is 5.97 Å². The van der Waals surface area contributed by atoms with Crippen molar-refractivity contribution in [1.29, 1.82) is 0 Å². The van der Waals surface area contributed by atoms with Gasteiger partial charge in [0, 0.05) is 12.6 Å². The first-order valence-corrected chi connectivity index (χ1v) is 7.02. The fraction of sp³-hybridized carbons (Fsp3) is 0.562. The fourth-order valence-corrected chi connectivity index (χ4v) is 2.68. The van der Waals surface area contributed by atoms with Gasteiger partial charge in [0.25, 0.3) is 0 Å². The van der Waals surface area contributed by atoms with E-state index in [1.54, 1.807) is 12.1 Å². The van der Waals surface area contributed by atoms with Gasteiger partial charge < -0.3 is 10.4 Å². The van der Waals surface area contributed by atoms with E-state index in [9.17, 15) is 4.79 Å². The molecular formula is C16H23NO2. The number of carboxylic acid groups (broad SMARTS) is 1. The second-order valence-electron chi connectivity index (χ2n) is 6.32. The maximum absolute atomic E-state index is 10.9. The van der Waals surface area contributed by atoms with Crippen LogP contribution in [0.15, 0.2) is 24.3 Å². The lowest BCUT2D eigenvalue weighted by Gasteiger charge is -2.34. The maximum Gasteiger partial charge on any atom is 0.335 e. The third kappa shape index (κ3) is 4.06. The molecule has 0 amide bonds. The average Bonchev–Trinajstić information content (AvgIpc) is 2.38. The Kier molecular flexibility index (Phi) is 4.25. The van der Waals surface area contributed by atoms with Gasteiger partial charge in [0.05, 0.1) is 5.56 Å². The topological polar surface area (TPSA) is 49.3 Å². The van der Waals surface area contributed by atoms with Gasteiger partial charge in [-0.2, -0.15) is 0 Å². The fourth-order valence-electron chi connectivity index (χ4n) is 2.68. The van der Waals surface area contributed by atoms with E-state index in [1.165, 1.54) is 25.7 Å². The molecular weight excluding hydrogens is 238 g/mol. The zero-order valence-electron chi connectivity index (χ0n) is 11.8. The summed E-state index contributed by atoms with van der Waals surface area (Å²) in [6, 6.07) is 7.75. The van der Waals surface area contributed by atoms with Crippen molar-refractivity contribution in [2.45, 2.75) is 52.1 Å². The number of carboxylic acids is 1. The standard InChI is InChI=1S/C16H23NO2/c1-16(2)8-6-14(7-9-16)17-11-12-4-3-5-13(10-12)15(18)19/h3-5,10,14,17H,6-9,11H2,1-2H3,(H,18,19). The van der Waals surface area contributed by atoms with Gasteiger partial charge in [-0.3, -0.25) is 0 Å². The molecule has 0 aliphatic heterocycles. The minimum Gasteiger partial charge on any atom is -0.478 e. The number of benzene rings is 1. The van der Waals surface area contributed by atoms with Crippen molar-refractivity contribution in [3.8, 4) is 0 Å². The highest BCUT2D eigenvalue weighted by molar-refractivity contribution is 5.87. The van der Waals surface area contributed by atoms with Gasteiger partial charge in [0.2, 0.25) is 0 Å². The summed E-state index contributed by atoms with van der Waals surface area (Å²) >= 11 is 0.